The molecule has 0 unspecified atom stereocenters. The zero-order valence-electron chi connectivity index (χ0n) is 10.1. The fraction of sp³-hybridized carbons (Fsp3) is 0.0667. The summed E-state index contributed by atoms with van der Waals surface area (Å²) in [5.74, 6) is 0. The lowest BCUT2D eigenvalue weighted by atomic mass is 10.1. The molecule has 0 radical (unpaired) electrons. The van der Waals surface area contributed by atoms with Crippen molar-refractivity contribution in [1.82, 2.24) is 4.57 Å². The predicted octanol–water partition coefficient (Wildman–Crippen LogP) is 2.02. The number of para-hydroxylation sites is 2. The summed E-state index contributed by atoms with van der Waals surface area (Å²) < 4.78 is 1.67. The van der Waals surface area contributed by atoms with Crippen LogP contribution in [-0.2, 0) is 7.05 Å². The Hall–Kier alpha value is -2.42. The fourth-order valence-corrected chi connectivity index (χ4v) is 2.14. The van der Waals surface area contributed by atoms with E-state index in [9.17, 15) is 4.79 Å². The summed E-state index contributed by atoms with van der Waals surface area (Å²) in [5.41, 5.74) is 3.38. The molecule has 0 bridgehead atoms. The molecule has 0 aliphatic heterocycles. The zero-order valence-corrected chi connectivity index (χ0v) is 10.1. The lowest BCUT2D eigenvalue weighted by molar-refractivity contribution is -0.333. The highest BCUT2D eigenvalue weighted by atomic mass is 16.1. The van der Waals surface area contributed by atoms with Gasteiger partial charge in [0.1, 0.15) is 5.52 Å². The summed E-state index contributed by atoms with van der Waals surface area (Å²) in [4.78, 5) is 15.5. The summed E-state index contributed by atoms with van der Waals surface area (Å²) in [5, 5.41) is 0. The zero-order chi connectivity index (χ0) is 12.5. The Morgan fingerprint density at radius 1 is 0.944 bits per heavy atom. The first-order valence-corrected chi connectivity index (χ1v) is 5.84. The first-order valence-electron chi connectivity index (χ1n) is 5.84. The maximum absolute atomic E-state index is 12.3. The van der Waals surface area contributed by atoms with E-state index in [-0.39, 0.29) is 5.56 Å². The van der Waals surface area contributed by atoms with Gasteiger partial charge < -0.3 is 4.57 Å². The molecular weight excluding hydrogens is 224 g/mol. The number of aryl methyl sites for hydroxylation is 1. The van der Waals surface area contributed by atoms with Crippen molar-refractivity contribution in [3.8, 4) is 11.3 Å². The number of aromatic amines is 1. The van der Waals surface area contributed by atoms with Gasteiger partial charge in [-0.2, -0.15) is 4.98 Å². The highest BCUT2D eigenvalue weighted by molar-refractivity contribution is 5.72. The Morgan fingerprint density at radius 2 is 1.61 bits per heavy atom. The van der Waals surface area contributed by atoms with Crippen molar-refractivity contribution in [2.45, 2.75) is 0 Å². The minimum atomic E-state index is -0.0140. The molecule has 3 nitrogen and oxygen atoms in total. The van der Waals surface area contributed by atoms with Crippen molar-refractivity contribution in [2.24, 2.45) is 7.05 Å². The molecule has 0 atom stereocenters. The molecule has 18 heavy (non-hydrogen) atoms. The molecule has 0 aliphatic carbocycles. The van der Waals surface area contributed by atoms with Gasteiger partial charge in [-0.05, 0) is 18.2 Å². The topological polar surface area (TPSA) is 36.1 Å². The van der Waals surface area contributed by atoms with Gasteiger partial charge in [0.05, 0.1) is 5.56 Å². The molecule has 1 heterocycles. The summed E-state index contributed by atoms with van der Waals surface area (Å²) in [7, 11) is 1.80. The Bertz CT molecular complexity index is 760. The van der Waals surface area contributed by atoms with E-state index in [1.807, 2.05) is 54.6 Å². The second-order valence-electron chi connectivity index (χ2n) is 4.25. The lowest BCUT2D eigenvalue weighted by Gasteiger charge is -2.02. The molecule has 88 valence electrons. The number of fused-ring (bicyclic) bond motifs is 1. The average molecular weight is 237 g/mol. The van der Waals surface area contributed by atoms with Gasteiger partial charge in [0.2, 0.25) is 5.52 Å². The summed E-state index contributed by atoms with van der Waals surface area (Å²) >= 11 is 0. The Balaban J connectivity index is 2.38. The van der Waals surface area contributed by atoms with E-state index in [1.54, 1.807) is 11.6 Å². The second kappa shape index (κ2) is 4.11. The number of benzene rings is 2. The number of nitrogens with zero attached hydrogens (tertiary/aromatic N) is 1. The second-order valence-corrected chi connectivity index (χ2v) is 4.25. The van der Waals surface area contributed by atoms with E-state index in [0.717, 1.165) is 16.6 Å². The molecule has 0 aliphatic rings. The van der Waals surface area contributed by atoms with E-state index in [2.05, 4.69) is 4.98 Å². The van der Waals surface area contributed by atoms with Crippen LogP contribution in [0.5, 0.6) is 0 Å². The van der Waals surface area contributed by atoms with Gasteiger partial charge in [-0.15, -0.1) is 0 Å². The van der Waals surface area contributed by atoms with E-state index in [1.165, 1.54) is 0 Å². The first-order chi connectivity index (χ1) is 8.77. The van der Waals surface area contributed by atoms with Crippen LogP contribution in [-0.4, -0.2) is 4.57 Å². The minimum absolute atomic E-state index is 0.0140. The monoisotopic (exact) mass is 237 g/mol. The third-order valence-corrected chi connectivity index (χ3v) is 3.11. The van der Waals surface area contributed by atoms with Gasteiger partial charge in [0, 0.05) is 13.1 Å². The molecular formula is C15H13N2O+. The van der Waals surface area contributed by atoms with E-state index >= 15 is 0 Å². The smallest absolute Gasteiger partial charge is 0.300 e. The molecule has 2 aromatic carbocycles. The molecule has 0 spiro atoms. The number of rotatable bonds is 1. The van der Waals surface area contributed by atoms with Crippen LogP contribution >= 0.6 is 0 Å². The number of H-pyrrole nitrogens is 1. The van der Waals surface area contributed by atoms with Gasteiger partial charge in [-0.25, -0.2) is 0 Å². The van der Waals surface area contributed by atoms with Crippen molar-refractivity contribution in [1.29, 1.82) is 0 Å². The van der Waals surface area contributed by atoms with E-state index < -0.39 is 0 Å². The van der Waals surface area contributed by atoms with Crippen LogP contribution in [0, 0.1) is 0 Å². The number of hydrogen-bond donors (Lipinski definition) is 0. The molecule has 3 rings (SSSR count). The minimum Gasteiger partial charge on any atom is -0.300 e. The van der Waals surface area contributed by atoms with Gasteiger partial charge in [-0.1, -0.05) is 30.3 Å². The van der Waals surface area contributed by atoms with Crippen LogP contribution < -0.4 is 10.5 Å². The highest BCUT2D eigenvalue weighted by Crippen LogP contribution is 2.12. The van der Waals surface area contributed by atoms with Crippen molar-refractivity contribution in [3.63, 3.8) is 0 Å². The quantitative estimate of drug-likeness (QED) is 0.638. The highest BCUT2D eigenvalue weighted by Gasteiger charge is 2.15. The third-order valence-electron chi connectivity index (χ3n) is 3.11. The summed E-state index contributed by atoms with van der Waals surface area (Å²) in [6.45, 7) is 0. The van der Waals surface area contributed by atoms with E-state index in [0.29, 0.717) is 5.69 Å². The summed E-state index contributed by atoms with van der Waals surface area (Å²) in [6.07, 6.45) is 0. The molecule has 0 amide bonds. The molecule has 0 fully saturated rings. The Morgan fingerprint density at radius 3 is 2.39 bits per heavy atom. The predicted molar refractivity (Wildman–Crippen MR) is 71.2 cm³/mol. The van der Waals surface area contributed by atoms with Crippen molar-refractivity contribution >= 4 is 11.0 Å². The van der Waals surface area contributed by atoms with Crippen LogP contribution in [0.15, 0.2) is 59.4 Å². The molecule has 3 heteroatoms. The standard InChI is InChI=1S/C15H12N2O/c1-17-13-10-6-5-9-12(13)16-14(15(17)18)11-7-3-2-4-8-11/h2-10H,1H3/p+1. The largest absolute Gasteiger partial charge is 0.323 e. The number of nitrogens with one attached hydrogen (secondary N) is 1. The van der Waals surface area contributed by atoms with Crippen LogP contribution in [0.4, 0.5) is 0 Å². The van der Waals surface area contributed by atoms with Crippen molar-refractivity contribution < 1.29 is 4.98 Å². The molecule has 1 aromatic heterocycles. The normalized spacial score (nSPS) is 10.7. The third kappa shape index (κ3) is 1.61. The van der Waals surface area contributed by atoms with Crippen LogP contribution in [0.25, 0.3) is 22.3 Å². The van der Waals surface area contributed by atoms with Gasteiger partial charge in [0.25, 0.3) is 5.69 Å². The van der Waals surface area contributed by atoms with E-state index in [4.69, 9.17) is 0 Å². The lowest BCUT2D eigenvalue weighted by Crippen LogP contribution is -2.28. The Labute approximate surface area is 104 Å². The first kappa shape index (κ1) is 10.7. The van der Waals surface area contributed by atoms with Crippen molar-refractivity contribution in [2.75, 3.05) is 0 Å². The maximum Gasteiger partial charge on any atom is 0.323 e. The molecule has 1 N–H and O–H groups in total. The number of hydrogen-bond acceptors (Lipinski definition) is 1. The van der Waals surface area contributed by atoms with Gasteiger partial charge in [0.15, 0.2) is 0 Å². The van der Waals surface area contributed by atoms with Crippen LogP contribution in [0.3, 0.4) is 0 Å². The Kier molecular flexibility index (Phi) is 2.45. The van der Waals surface area contributed by atoms with Crippen molar-refractivity contribution in [3.05, 3.63) is 65.0 Å². The van der Waals surface area contributed by atoms with Gasteiger partial charge in [-0.3, -0.25) is 4.79 Å². The average Bonchev–Trinajstić information content (AvgIpc) is 2.44. The maximum atomic E-state index is 12.3. The SMILES string of the molecule is Cn1c(=O)c(-c2ccccc2)[nH+]c2ccccc21. The van der Waals surface area contributed by atoms with Crippen LogP contribution in [0.1, 0.15) is 0 Å². The summed E-state index contributed by atoms with van der Waals surface area (Å²) in [6, 6.07) is 17.5. The molecule has 0 saturated heterocycles. The van der Waals surface area contributed by atoms with Gasteiger partial charge >= 0.3 is 5.56 Å². The molecule has 0 saturated carbocycles. The van der Waals surface area contributed by atoms with Crippen LogP contribution in [0.2, 0.25) is 0 Å². The fourth-order valence-electron chi connectivity index (χ4n) is 2.14. The molecule has 3 aromatic rings. The number of aromatic nitrogens is 2.